The van der Waals surface area contributed by atoms with E-state index in [2.05, 4.69) is 9.97 Å². The average molecular weight is 205 g/mol. The van der Waals surface area contributed by atoms with Crippen LogP contribution in [0.2, 0.25) is 0 Å². The maximum absolute atomic E-state index is 5.78. The molecule has 2 heterocycles. The van der Waals surface area contributed by atoms with Crippen molar-refractivity contribution in [1.82, 2.24) is 9.97 Å². The van der Waals surface area contributed by atoms with Crippen LogP contribution in [0.3, 0.4) is 0 Å². The van der Waals surface area contributed by atoms with Gasteiger partial charge in [0.05, 0.1) is 0 Å². The molecule has 0 aromatic carbocycles. The number of thiophene rings is 1. The summed E-state index contributed by atoms with van der Waals surface area (Å²) < 4.78 is 0. The molecule has 0 spiro atoms. The van der Waals surface area contributed by atoms with E-state index >= 15 is 0 Å². The highest BCUT2D eigenvalue weighted by Gasteiger charge is 2.06. The van der Waals surface area contributed by atoms with E-state index in [1.54, 1.807) is 11.3 Å². The van der Waals surface area contributed by atoms with Crippen molar-refractivity contribution in [3.63, 3.8) is 0 Å². The second kappa shape index (κ2) is 3.38. The zero-order chi connectivity index (χ0) is 10.1. The standard InChI is InChI=1S/C10H11N3S/c1-6-7(2)12-10(13-9(6)11)8-3-4-14-5-8/h3-5H,1-2H3,(H2,11,12,13). The molecule has 0 fully saturated rings. The fraction of sp³-hybridized carbons (Fsp3) is 0.200. The van der Waals surface area contributed by atoms with E-state index in [1.165, 1.54) is 0 Å². The molecular weight excluding hydrogens is 194 g/mol. The largest absolute Gasteiger partial charge is 0.383 e. The molecule has 4 heteroatoms. The van der Waals surface area contributed by atoms with Crippen LogP contribution in [0.1, 0.15) is 11.3 Å². The molecule has 2 aromatic heterocycles. The van der Waals surface area contributed by atoms with Gasteiger partial charge in [0.15, 0.2) is 5.82 Å². The highest BCUT2D eigenvalue weighted by molar-refractivity contribution is 7.08. The lowest BCUT2D eigenvalue weighted by Crippen LogP contribution is -2.01. The number of hydrogen-bond acceptors (Lipinski definition) is 4. The van der Waals surface area contributed by atoms with Crippen molar-refractivity contribution in [2.45, 2.75) is 13.8 Å². The van der Waals surface area contributed by atoms with Gasteiger partial charge in [-0.05, 0) is 25.3 Å². The van der Waals surface area contributed by atoms with Crippen LogP contribution < -0.4 is 5.73 Å². The fourth-order valence-electron chi connectivity index (χ4n) is 1.17. The van der Waals surface area contributed by atoms with Crippen molar-refractivity contribution < 1.29 is 0 Å². The minimum Gasteiger partial charge on any atom is -0.383 e. The summed E-state index contributed by atoms with van der Waals surface area (Å²) in [6.07, 6.45) is 0. The van der Waals surface area contributed by atoms with Crippen molar-refractivity contribution in [3.8, 4) is 11.4 Å². The number of aryl methyl sites for hydroxylation is 1. The molecule has 0 aliphatic carbocycles. The van der Waals surface area contributed by atoms with Gasteiger partial charge in [0.1, 0.15) is 5.82 Å². The molecule has 0 atom stereocenters. The smallest absolute Gasteiger partial charge is 0.162 e. The molecule has 0 saturated carbocycles. The summed E-state index contributed by atoms with van der Waals surface area (Å²) in [5.41, 5.74) is 8.72. The van der Waals surface area contributed by atoms with E-state index in [1.807, 2.05) is 30.7 Å². The molecule has 0 aliphatic rings. The van der Waals surface area contributed by atoms with Gasteiger partial charge in [-0.15, -0.1) is 0 Å². The zero-order valence-electron chi connectivity index (χ0n) is 8.11. The minimum absolute atomic E-state index is 0.568. The number of hydrogen-bond donors (Lipinski definition) is 1. The summed E-state index contributed by atoms with van der Waals surface area (Å²) in [6.45, 7) is 3.88. The Balaban J connectivity index is 2.57. The van der Waals surface area contributed by atoms with Crippen LogP contribution >= 0.6 is 11.3 Å². The molecule has 0 unspecified atom stereocenters. The fourth-order valence-corrected chi connectivity index (χ4v) is 1.81. The number of aromatic nitrogens is 2. The second-order valence-electron chi connectivity index (χ2n) is 3.15. The van der Waals surface area contributed by atoms with E-state index in [-0.39, 0.29) is 0 Å². The van der Waals surface area contributed by atoms with Gasteiger partial charge < -0.3 is 5.73 Å². The summed E-state index contributed by atoms with van der Waals surface area (Å²) in [4.78, 5) is 8.64. The predicted octanol–water partition coefficient (Wildman–Crippen LogP) is 2.40. The Morgan fingerprint density at radius 1 is 1.29 bits per heavy atom. The van der Waals surface area contributed by atoms with E-state index in [4.69, 9.17) is 5.73 Å². The molecule has 3 nitrogen and oxygen atoms in total. The van der Waals surface area contributed by atoms with Gasteiger partial charge in [-0.3, -0.25) is 0 Å². The molecule has 72 valence electrons. The number of nitrogen functional groups attached to an aromatic ring is 1. The first-order chi connectivity index (χ1) is 6.68. The van der Waals surface area contributed by atoms with Crippen LogP contribution in [0.5, 0.6) is 0 Å². The minimum atomic E-state index is 0.568. The first-order valence-electron chi connectivity index (χ1n) is 4.32. The van der Waals surface area contributed by atoms with E-state index in [0.29, 0.717) is 11.6 Å². The number of nitrogens with two attached hydrogens (primary N) is 1. The topological polar surface area (TPSA) is 51.8 Å². The molecule has 0 amide bonds. The van der Waals surface area contributed by atoms with E-state index < -0.39 is 0 Å². The van der Waals surface area contributed by atoms with Gasteiger partial charge in [-0.1, -0.05) is 0 Å². The zero-order valence-corrected chi connectivity index (χ0v) is 8.93. The summed E-state index contributed by atoms with van der Waals surface area (Å²) in [7, 11) is 0. The van der Waals surface area contributed by atoms with E-state index in [9.17, 15) is 0 Å². The monoisotopic (exact) mass is 205 g/mol. The number of nitrogens with zero attached hydrogens (tertiary/aromatic N) is 2. The Kier molecular flexibility index (Phi) is 2.21. The highest BCUT2D eigenvalue weighted by Crippen LogP contribution is 2.21. The maximum Gasteiger partial charge on any atom is 0.162 e. The van der Waals surface area contributed by atoms with Gasteiger partial charge >= 0.3 is 0 Å². The molecule has 0 radical (unpaired) electrons. The second-order valence-corrected chi connectivity index (χ2v) is 3.93. The van der Waals surface area contributed by atoms with Crippen LogP contribution in [-0.4, -0.2) is 9.97 Å². The molecule has 14 heavy (non-hydrogen) atoms. The lowest BCUT2D eigenvalue weighted by molar-refractivity contribution is 1.08. The van der Waals surface area contributed by atoms with Gasteiger partial charge in [0, 0.05) is 22.2 Å². The first-order valence-corrected chi connectivity index (χ1v) is 5.26. The molecule has 2 aromatic rings. The van der Waals surface area contributed by atoms with Crippen molar-refractivity contribution >= 4 is 17.2 Å². The molecular formula is C10H11N3S. The van der Waals surface area contributed by atoms with Crippen molar-refractivity contribution in [2.75, 3.05) is 5.73 Å². The third kappa shape index (κ3) is 1.48. The summed E-state index contributed by atoms with van der Waals surface area (Å²) >= 11 is 1.63. The van der Waals surface area contributed by atoms with Gasteiger partial charge in [0.2, 0.25) is 0 Å². The molecule has 2 N–H and O–H groups in total. The van der Waals surface area contributed by atoms with Crippen LogP contribution in [0.4, 0.5) is 5.82 Å². The quantitative estimate of drug-likeness (QED) is 0.777. The molecule has 2 rings (SSSR count). The lowest BCUT2D eigenvalue weighted by Gasteiger charge is -2.05. The summed E-state index contributed by atoms with van der Waals surface area (Å²) in [6, 6.07) is 1.99. The Bertz CT molecular complexity index is 425. The maximum atomic E-state index is 5.78. The van der Waals surface area contributed by atoms with Gasteiger partial charge in [-0.2, -0.15) is 11.3 Å². The van der Waals surface area contributed by atoms with Crippen LogP contribution in [0.15, 0.2) is 16.8 Å². The van der Waals surface area contributed by atoms with E-state index in [0.717, 1.165) is 16.8 Å². The Hall–Kier alpha value is -1.42. The van der Waals surface area contributed by atoms with Crippen molar-refractivity contribution in [2.24, 2.45) is 0 Å². The third-order valence-electron chi connectivity index (χ3n) is 2.21. The number of rotatable bonds is 1. The van der Waals surface area contributed by atoms with Gasteiger partial charge in [-0.25, -0.2) is 9.97 Å². The molecule has 0 bridgehead atoms. The van der Waals surface area contributed by atoms with Crippen LogP contribution in [0.25, 0.3) is 11.4 Å². The molecule has 0 aliphatic heterocycles. The van der Waals surface area contributed by atoms with Gasteiger partial charge in [0.25, 0.3) is 0 Å². The van der Waals surface area contributed by atoms with Crippen molar-refractivity contribution in [1.29, 1.82) is 0 Å². The predicted molar refractivity (Wildman–Crippen MR) is 59.2 cm³/mol. The summed E-state index contributed by atoms with van der Waals surface area (Å²) in [5, 5.41) is 4.02. The Morgan fingerprint density at radius 2 is 2.07 bits per heavy atom. The molecule has 0 saturated heterocycles. The van der Waals surface area contributed by atoms with Crippen LogP contribution in [-0.2, 0) is 0 Å². The Morgan fingerprint density at radius 3 is 2.64 bits per heavy atom. The first kappa shape index (κ1) is 9.15. The number of anilines is 1. The third-order valence-corrected chi connectivity index (χ3v) is 2.89. The lowest BCUT2D eigenvalue weighted by atomic mass is 10.2. The summed E-state index contributed by atoms with van der Waals surface area (Å²) in [5.74, 6) is 1.28. The average Bonchev–Trinajstić information content (AvgIpc) is 2.66. The van der Waals surface area contributed by atoms with Crippen LogP contribution in [0, 0.1) is 13.8 Å². The highest BCUT2D eigenvalue weighted by atomic mass is 32.1. The normalized spacial score (nSPS) is 10.4. The van der Waals surface area contributed by atoms with Crippen molar-refractivity contribution in [3.05, 3.63) is 28.1 Å². The Labute approximate surface area is 86.6 Å². The SMILES string of the molecule is Cc1nc(-c2ccsc2)nc(N)c1C.